The highest BCUT2D eigenvalue weighted by molar-refractivity contribution is 6.12. The Balaban J connectivity index is 0.000000154. The SMILES string of the molecule is c1ccc(-c2cc(-c3ccccc3)nc(-c3nc(-c4ccccc4)cc(-c4ccccc4)n3)n2)cc1.c1ccc(-c2nc(-c3ccccc3)nc(-n3c4ccccc4c4ccc(-c5ccc6c(c5)c5ccccc5n6-c5ccccc5)cc43)n2)cc1. The first-order valence-electron chi connectivity index (χ1n) is 28.6. The molecule has 9 nitrogen and oxygen atoms in total. The van der Waals surface area contributed by atoms with Crippen molar-refractivity contribution in [2.75, 3.05) is 0 Å². The second-order valence-corrected chi connectivity index (χ2v) is 20.9. The molecule has 0 bridgehead atoms. The van der Waals surface area contributed by atoms with E-state index in [1.807, 2.05) is 146 Å². The van der Waals surface area contributed by atoms with Crippen molar-refractivity contribution < 1.29 is 0 Å². The van der Waals surface area contributed by atoms with Crippen LogP contribution in [0.5, 0.6) is 0 Å². The number of rotatable bonds is 10. The summed E-state index contributed by atoms with van der Waals surface area (Å²) in [6.07, 6.45) is 0. The number of para-hydroxylation sites is 3. The molecular weight excluding hydrogens is 1050 g/mol. The summed E-state index contributed by atoms with van der Waals surface area (Å²) in [5.41, 5.74) is 17.2. The van der Waals surface area contributed by atoms with Crippen molar-refractivity contribution in [3.05, 3.63) is 309 Å². The molecule has 0 unspecified atom stereocenters. The zero-order valence-corrected chi connectivity index (χ0v) is 46.5. The van der Waals surface area contributed by atoms with Crippen LogP contribution < -0.4 is 0 Å². The monoisotopic (exact) mass is 1100 g/mol. The standard InChI is InChI=1S/C45H29N5.C32H22N4/c1-4-14-30(15-5-1)43-46-44(31-16-6-2-7-17-31)48-45(47-43)50-40-23-13-10-20-35(40)37-26-24-33(29-42(37)50)32-25-27-41-38(28-32)36-21-11-12-22-39(36)49(41)34-18-8-3-9-19-34;1-5-13-23(14-6-1)27-21-28(24-15-7-2-8-16-24)34-31(33-27)32-35-29(25-17-9-3-10-18-25)22-30(36-32)26-19-11-4-12-20-26/h1-29H;1-22H. The van der Waals surface area contributed by atoms with Crippen LogP contribution in [0.3, 0.4) is 0 Å². The van der Waals surface area contributed by atoms with Crippen LogP contribution in [0, 0.1) is 0 Å². The largest absolute Gasteiger partial charge is 0.309 e. The summed E-state index contributed by atoms with van der Waals surface area (Å²) in [4.78, 5) is 34.9. The highest BCUT2D eigenvalue weighted by atomic mass is 15.2. The Kier molecular flexibility index (Phi) is 13.4. The van der Waals surface area contributed by atoms with Gasteiger partial charge in [0.1, 0.15) is 0 Å². The summed E-state index contributed by atoms with van der Waals surface area (Å²) in [6, 6.07) is 106. The molecule has 16 rings (SSSR count). The second-order valence-electron chi connectivity index (χ2n) is 20.9. The van der Waals surface area contributed by atoms with Crippen LogP contribution in [-0.4, -0.2) is 44.0 Å². The van der Waals surface area contributed by atoms with E-state index < -0.39 is 0 Å². The zero-order valence-electron chi connectivity index (χ0n) is 46.5. The molecule has 5 heterocycles. The van der Waals surface area contributed by atoms with Crippen molar-refractivity contribution in [1.82, 2.24) is 44.0 Å². The van der Waals surface area contributed by atoms with Gasteiger partial charge in [0.2, 0.25) is 5.95 Å². The number of nitrogens with zero attached hydrogens (tertiary/aromatic N) is 9. The van der Waals surface area contributed by atoms with Crippen LogP contribution in [0.25, 0.3) is 146 Å². The fourth-order valence-electron chi connectivity index (χ4n) is 11.4. The van der Waals surface area contributed by atoms with Gasteiger partial charge in [-0.05, 0) is 65.7 Å². The van der Waals surface area contributed by atoms with Crippen LogP contribution in [0.2, 0.25) is 0 Å². The van der Waals surface area contributed by atoms with Crippen LogP contribution >= 0.6 is 0 Å². The van der Waals surface area contributed by atoms with Crippen LogP contribution in [0.15, 0.2) is 309 Å². The molecule has 404 valence electrons. The van der Waals surface area contributed by atoms with Gasteiger partial charge in [0.25, 0.3) is 0 Å². The van der Waals surface area contributed by atoms with Crippen LogP contribution in [0.4, 0.5) is 0 Å². The summed E-state index contributed by atoms with van der Waals surface area (Å²) in [7, 11) is 0. The molecule has 0 aliphatic carbocycles. The van der Waals surface area contributed by atoms with Crippen molar-refractivity contribution in [2.24, 2.45) is 0 Å². The molecule has 0 fully saturated rings. The third-order valence-corrected chi connectivity index (χ3v) is 15.5. The molecule has 0 amide bonds. The van der Waals surface area contributed by atoms with E-state index in [1.54, 1.807) is 0 Å². The third-order valence-electron chi connectivity index (χ3n) is 15.5. The van der Waals surface area contributed by atoms with Gasteiger partial charge in [-0.25, -0.2) is 24.9 Å². The number of hydrogen-bond donors (Lipinski definition) is 0. The molecule has 0 atom stereocenters. The van der Waals surface area contributed by atoms with Crippen molar-refractivity contribution in [3.8, 4) is 102 Å². The normalized spacial score (nSPS) is 11.3. The molecule has 0 saturated heterocycles. The Morgan fingerprint density at radius 3 is 0.977 bits per heavy atom. The predicted octanol–water partition coefficient (Wildman–Crippen LogP) is 18.7. The maximum absolute atomic E-state index is 5.12. The predicted molar refractivity (Wildman–Crippen MR) is 350 cm³/mol. The zero-order chi connectivity index (χ0) is 57.2. The average molecular weight is 1100 g/mol. The molecule has 9 heteroatoms. The Hall–Kier alpha value is -11.8. The first-order chi connectivity index (χ1) is 42.6. The lowest BCUT2D eigenvalue weighted by molar-refractivity contribution is 0.953. The second kappa shape index (κ2) is 22.5. The summed E-state index contributed by atoms with van der Waals surface area (Å²) in [5, 5.41) is 4.75. The molecule has 86 heavy (non-hydrogen) atoms. The van der Waals surface area contributed by atoms with Gasteiger partial charge in [-0.1, -0.05) is 255 Å². The number of benzene rings is 11. The van der Waals surface area contributed by atoms with Gasteiger partial charge in [0.05, 0.1) is 44.8 Å². The Morgan fingerprint density at radius 1 is 0.186 bits per heavy atom. The minimum absolute atomic E-state index is 0.491. The fourth-order valence-corrected chi connectivity index (χ4v) is 11.4. The summed E-state index contributed by atoms with van der Waals surface area (Å²) >= 11 is 0. The first kappa shape index (κ1) is 51.1. The highest BCUT2D eigenvalue weighted by Gasteiger charge is 2.21. The average Bonchev–Trinajstić information content (AvgIpc) is 2.18. The molecule has 0 aliphatic heterocycles. The quantitative estimate of drug-likeness (QED) is 0.134. The van der Waals surface area contributed by atoms with Gasteiger partial charge in [0.15, 0.2) is 23.3 Å². The van der Waals surface area contributed by atoms with E-state index in [0.717, 1.165) is 94.8 Å². The van der Waals surface area contributed by atoms with Crippen LogP contribution in [-0.2, 0) is 0 Å². The molecule has 11 aromatic carbocycles. The Labute approximate surface area is 496 Å². The van der Waals surface area contributed by atoms with E-state index in [0.29, 0.717) is 29.2 Å². The molecule has 0 N–H and O–H groups in total. The molecule has 0 aliphatic rings. The van der Waals surface area contributed by atoms with Gasteiger partial charge >= 0.3 is 0 Å². The number of hydrogen-bond acceptors (Lipinski definition) is 7. The summed E-state index contributed by atoms with van der Waals surface area (Å²) in [5.74, 6) is 2.84. The van der Waals surface area contributed by atoms with E-state index in [1.165, 1.54) is 21.8 Å². The molecule has 0 spiro atoms. The lowest BCUT2D eigenvalue weighted by Gasteiger charge is -2.11. The minimum atomic E-state index is 0.491. The van der Waals surface area contributed by atoms with E-state index in [4.69, 9.17) is 34.9 Å². The van der Waals surface area contributed by atoms with Crippen molar-refractivity contribution in [3.63, 3.8) is 0 Å². The summed E-state index contributed by atoms with van der Waals surface area (Å²) in [6.45, 7) is 0. The highest BCUT2D eigenvalue weighted by Crippen LogP contribution is 2.39. The van der Waals surface area contributed by atoms with Gasteiger partial charge in [-0.15, -0.1) is 0 Å². The first-order valence-corrected chi connectivity index (χ1v) is 28.6. The van der Waals surface area contributed by atoms with E-state index >= 15 is 0 Å². The van der Waals surface area contributed by atoms with Gasteiger partial charge in [0, 0.05) is 60.6 Å². The molecule has 0 radical (unpaired) electrons. The van der Waals surface area contributed by atoms with Crippen molar-refractivity contribution in [1.29, 1.82) is 0 Å². The summed E-state index contributed by atoms with van der Waals surface area (Å²) < 4.78 is 4.54. The molecule has 0 saturated carbocycles. The maximum Gasteiger partial charge on any atom is 0.238 e. The number of aromatic nitrogens is 9. The topological polar surface area (TPSA) is 100 Å². The third kappa shape index (κ3) is 9.90. The van der Waals surface area contributed by atoms with E-state index in [2.05, 4.69) is 173 Å². The lowest BCUT2D eigenvalue weighted by atomic mass is 10.0. The molecule has 16 aromatic rings. The van der Waals surface area contributed by atoms with Gasteiger partial charge < -0.3 is 4.57 Å². The van der Waals surface area contributed by atoms with E-state index in [-0.39, 0.29) is 0 Å². The Bertz CT molecular complexity index is 4780. The smallest absolute Gasteiger partial charge is 0.238 e. The van der Waals surface area contributed by atoms with Gasteiger partial charge in [-0.3, -0.25) is 4.57 Å². The lowest BCUT2D eigenvalue weighted by Crippen LogP contribution is -2.06. The van der Waals surface area contributed by atoms with Crippen molar-refractivity contribution >= 4 is 43.6 Å². The minimum Gasteiger partial charge on any atom is -0.309 e. The fraction of sp³-hybridized carbons (Fsp3) is 0. The maximum atomic E-state index is 5.12. The Morgan fingerprint density at radius 2 is 0.523 bits per heavy atom. The van der Waals surface area contributed by atoms with E-state index in [9.17, 15) is 0 Å². The molecular formula is C77H51N9. The van der Waals surface area contributed by atoms with Crippen LogP contribution in [0.1, 0.15) is 0 Å². The van der Waals surface area contributed by atoms with Crippen molar-refractivity contribution in [2.45, 2.75) is 0 Å². The number of fused-ring (bicyclic) bond motifs is 6. The molecule has 5 aromatic heterocycles. The van der Waals surface area contributed by atoms with Gasteiger partial charge in [-0.2, -0.15) is 9.97 Å².